The van der Waals surface area contributed by atoms with E-state index in [1.54, 1.807) is 11.8 Å². The molecule has 0 aliphatic heterocycles. The van der Waals surface area contributed by atoms with Gasteiger partial charge >= 0.3 is 0 Å². The number of hydrogen-bond donors (Lipinski definition) is 1. The van der Waals surface area contributed by atoms with Crippen molar-refractivity contribution in [3.63, 3.8) is 0 Å². The molecule has 18 heavy (non-hydrogen) atoms. The van der Waals surface area contributed by atoms with Crippen LogP contribution >= 0.6 is 23.1 Å². The fourth-order valence-electron chi connectivity index (χ4n) is 1.58. The maximum atomic E-state index is 5.80. The third-order valence-corrected chi connectivity index (χ3v) is 4.24. The highest BCUT2D eigenvalue weighted by Gasteiger charge is 2.04. The number of hydrogen-bond acceptors (Lipinski definition) is 6. The molecule has 0 radical (unpaired) electrons. The maximum Gasteiger partial charge on any atom is 0.203 e. The zero-order valence-electron chi connectivity index (χ0n) is 10.3. The molecule has 0 atom stereocenters. The molecule has 6 heteroatoms. The van der Waals surface area contributed by atoms with Crippen LogP contribution in [0.3, 0.4) is 0 Å². The molecule has 2 N–H and O–H groups in total. The van der Waals surface area contributed by atoms with Gasteiger partial charge in [0.1, 0.15) is 5.75 Å². The van der Waals surface area contributed by atoms with Crippen LogP contribution in [0.2, 0.25) is 0 Å². The molecule has 0 saturated heterocycles. The number of rotatable bonds is 5. The van der Waals surface area contributed by atoms with Crippen LogP contribution in [0.4, 0.5) is 5.13 Å². The summed E-state index contributed by atoms with van der Waals surface area (Å²) >= 11 is 3.02. The minimum atomic E-state index is 0.508. The van der Waals surface area contributed by atoms with Gasteiger partial charge in [-0.05, 0) is 25.0 Å². The Hall–Kier alpha value is -1.27. The Bertz CT molecular complexity index is 508. The van der Waals surface area contributed by atoms with Gasteiger partial charge in [-0.25, -0.2) is 0 Å². The zero-order chi connectivity index (χ0) is 13.0. The molecule has 1 heterocycles. The molecule has 0 bridgehead atoms. The standard InChI is InChI=1S/C12H15N3OS2/c1-8-4-3-5-9(2)10(8)16-6-7-17-12-15-14-11(13)18-12/h3-5H,6-7H2,1-2H3,(H2,13,14). The van der Waals surface area contributed by atoms with Crippen LogP contribution in [0.5, 0.6) is 5.75 Å². The lowest BCUT2D eigenvalue weighted by atomic mass is 10.1. The molecule has 2 rings (SSSR count). The summed E-state index contributed by atoms with van der Waals surface area (Å²) < 4.78 is 6.69. The summed E-state index contributed by atoms with van der Waals surface area (Å²) in [6, 6.07) is 6.15. The van der Waals surface area contributed by atoms with Gasteiger partial charge in [-0.1, -0.05) is 41.3 Å². The number of nitrogen functional groups attached to an aromatic ring is 1. The van der Waals surface area contributed by atoms with Crippen molar-refractivity contribution in [1.82, 2.24) is 10.2 Å². The van der Waals surface area contributed by atoms with Crippen LogP contribution in [0.15, 0.2) is 22.5 Å². The Balaban J connectivity index is 1.82. The monoisotopic (exact) mass is 281 g/mol. The third kappa shape index (κ3) is 3.36. The van der Waals surface area contributed by atoms with Gasteiger partial charge in [0.05, 0.1) is 6.61 Å². The number of nitrogens with two attached hydrogens (primary N) is 1. The molecule has 0 fully saturated rings. The SMILES string of the molecule is Cc1cccc(C)c1OCCSc1nnc(N)s1. The molecule has 0 aliphatic rings. The first-order valence-corrected chi connectivity index (χ1v) is 7.38. The summed E-state index contributed by atoms with van der Waals surface area (Å²) in [7, 11) is 0. The van der Waals surface area contributed by atoms with Crippen LogP contribution in [-0.2, 0) is 0 Å². The second-order valence-electron chi connectivity index (χ2n) is 3.82. The molecule has 0 spiro atoms. The Morgan fingerprint density at radius 1 is 1.28 bits per heavy atom. The molecule has 96 valence electrons. The van der Waals surface area contributed by atoms with E-state index in [0.29, 0.717) is 11.7 Å². The van der Waals surface area contributed by atoms with Crippen LogP contribution in [0.25, 0.3) is 0 Å². The highest BCUT2D eigenvalue weighted by Crippen LogP contribution is 2.25. The first-order chi connectivity index (χ1) is 8.66. The van der Waals surface area contributed by atoms with Crippen molar-refractivity contribution >= 4 is 28.2 Å². The number of thioether (sulfide) groups is 1. The largest absolute Gasteiger partial charge is 0.492 e. The Morgan fingerprint density at radius 3 is 2.61 bits per heavy atom. The van der Waals surface area contributed by atoms with Gasteiger partial charge in [0.2, 0.25) is 5.13 Å². The second kappa shape index (κ2) is 6.06. The normalized spacial score (nSPS) is 10.6. The molecule has 1 aromatic carbocycles. The predicted octanol–water partition coefficient (Wildman–Crippen LogP) is 2.91. The van der Waals surface area contributed by atoms with E-state index in [2.05, 4.69) is 36.2 Å². The highest BCUT2D eigenvalue weighted by atomic mass is 32.2. The van der Waals surface area contributed by atoms with E-state index < -0.39 is 0 Å². The Labute approximate surface area is 115 Å². The van der Waals surface area contributed by atoms with Crippen LogP contribution < -0.4 is 10.5 Å². The lowest BCUT2D eigenvalue weighted by Gasteiger charge is -2.11. The number of benzene rings is 1. The number of anilines is 1. The molecule has 1 aromatic heterocycles. The van der Waals surface area contributed by atoms with Crippen molar-refractivity contribution < 1.29 is 4.74 Å². The van der Waals surface area contributed by atoms with Gasteiger partial charge < -0.3 is 10.5 Å². The fourth-order valence-corrected chi connectivity index (χ4v) is 3.10. The number of aryl methyl sites for hydroxylation is 2. The average molecular weight is 281 g/mol. The van der Waals surface area contributed by atoms with Crippen molar-refractivity contribution in [2.45, 2.75) is 18.2 Å². The fraction of sp³-hybridized carbons (Fsp3) is 0.333. The molecule has 0 unspecified atom stereocenters. The molecule has 2 aromatic rings. The highest BCUT2D eigenvalue weighted by molar-refractivity contribution is 8.01. The van der Waals surface area contributed by atoms with Crippen molar-refractivity contribution in [2.75, 3.05) is 18.1 Å². The van der Waals surface area contributed by atoms with E-state index in [1.807, 2.05) is 6.07 Å². The van der Waals surface area contributed by atoms with Crippen LogP contribution in [-0.4, -0.2) is 22.6 Å². The third-order valence-electron chi connectivity index (χ3n) is 2.39. The number of ether oxygens (including phenoxy) is 1. The van der Waals surface area contributed by atoms with E-state index >= 15 is 0 Å². The smallest absolute Gasteiger partial charge is 0.203 e. The quantitative estimate of drug-likeness (QED) is 0.674. The lowest BCUT2D eigenvalue weighted by molar-refractivity contribution is 0.339. The summed E-state index contributed by atoms with van der Waals surface area (Å²) in [6.45, 7) is 4.76. The number of nitrogens with zero attached hydrogens (tertiary/aromatic N) is 2. The van der Waals surface area contributed by atoms with Crippen molar-refractivity contribution in [3.05, 3.63) is 29.3 Å². The van der Waals surface area contributed by atoms with E-state index in [-0.39, 0.29) is 0 Å². The first-order valence-electron chi connectivity index (χ1n) is 5.57. The van der Waals surface area contributed by atoms with Gasteiger partial charge in [-0.15, -0.1) is 10.2 Å². The van der Waals surface area contributed by atoms with E-state index in [1.165, 1.54) is 22.5 Å². The van der Waals surface area contributed by atoms with Gasteiger partial charge in [0.15, 0.2) is 4.34 Å². The van der Waals surface area contributed by atoms with E-state index in [4.69, 9.17) is 10.5 Å². The zero-order valence-corrected chi connectivity index (χ0v) is 12.0. The topological polar surface area (TPSA) is 61.0 Å². The lowest BCUT2D eigenvalue weighted by Crippen LogP contribution is -2.02. The van der Waals surface area contributed by atoms with E-state index in [9.17, 15) is 0 Å². The molecule has 0 aliphatic carbocycles. The Kier molecular flexibility index (Phi) is 4.43. The molecular formula is C12H15N3OS2. The average Bonchev–Trinajstić information content (AvgIpc) is 2.73. The van der Waals surface area contributed by atoms with Crippen LogP contribution in [0.1, 0.15) is 11.1 Å². The predicted molar refractivity (Wildman–Crippen MR) is 76.5 cm³/mol. The second-order valence-corrected chi connectivity index (χ2v) is 6.18. The van der Waals surface area contributed by atoms with Gasteiger partial charge in [-0.2, -0.15) is 0 Å². The van der Waals surface area contributed by atoms with Crippen molar-refractivity contribution in [1.29, 1.82) is 0 Å². The number of para-hydroxylation sites is 1. The number of aromatic nitrogens is 2. The van der Waals surface area contributed by atoms with Crippen LogP contribution in [0, 0.1) is 13.8 Å². The van der Waals surface area contributed by atoms with Gasteiger partial charge in [0.25, 0.3) is 0 Å². The molecule has 4 nitrogen and oxygen atoms in total. The van der Waals surface area contributed by atoms with E-state index in [0.717, 1.165) is 15.8 Å². The Morgan fingerprint density at radius 2 is 2.00 bits per heavy atom. The molecular weight excluding hydrogens is 266 g/mol. The van der Waals surface area contributed by atoms with Gasteiger partial charge in [-0.3, -0.25) is 0 Å². The van der Waals surface area contributed by atoms with Crippen molar-refractivity contribution in [2.24, 2.45) is 0 Å². The minimum absolute atomic E-state index is 0.508. The minimum Gasteiger partial charge on any atom is -0.492 e. The summed E-state index contributed by atoms with van der Waals surface area (Å²) in [4.78, 5) is 0. The summed E-state index contributed by atoms with van der Waals surface area (Å²) in [5.41, 5.74) is 7.85. The summed E-state index contributed by atoms with van der Waals surface area (Å²) in [6.07, 6.45) is 0. The summed E-state index contributed by atoms with van der Waals surface area (Å²) in [5, 5.41) is 8.22. The molecule has 0 saturated carbocycles. The molecule has 0 amide bonds. The first kappa shape index (κ1) is 13.2. The van der Waals surface area contributed by atoms with Gasteiger partial charge in [0, 0.05) is 5.75 Å². The summed E-state index contributed by atoms with van der Waals surface area (Å²) in [5.74, 6) is 1.82. The van der Waals surface area contributed by atoms with Crippen molar-refractivity contribution in [3.8, 4) is 5.75 Å². The maximum absolute atomic E-state index is 5.80.